The lowest BCUT2D eigenvalue weighted by Gasteiger charge is -2.02. The summed E-state index contributed by atoms with van der Waals surface area (Å²) in [6.45, 7) is 1.93. The number of rotatable bonds is 4. The molecule has 0 aliphatic rings. The van der Waals surface area contributed by atoms with Crippen molar-refractivity contribution in [1.82, 2.24) is 0 Å². The summed E-state index contributed by atoms with van der Waals surface area (Å²) in [7, 11) is -1.00. The van der Waals surface area contributed by atoms with Gasteiger partial charge in [-0.2, -0.15) is 0 Å². The van der Waals surface area contributed by atoms with Gasteiger partial charge >= 0.3 is 7.83 Å². The number of aryl methyl sites for hydroxylation is 1. The summed E-state index contributed by atoms with van der Waals surface area (Å²) >= 11 is 0. The second-order valence-electron chi connectivity index (χ2n) is 4.34. The molecule has 0 atom stereocenters. The van der Waals surface area contributed by atoms with Crippen LogP contribution in [0.25, 0.3) is 0 Å². The number of Topliss-reactive ketones (excluding diaryl/α,β-unsaturated/α-hetero) is 2. The van der Waals surface area contributed by atoms with Crippen molar-refractivity contribution in [1.29, 1.82) is 0 Å². The highest BCUT2D eigenvalue weighted by atomic mass is 19.2. The predicted molar refractivity (Wildman–Crippen MR) is 78.9 cm³/mol. The first-order valence-electron chi connectivity index (χ1n) is 6.28. The fourth-order valence-corrected chi connectivity index (χ4v) is 1.79. The SMILES string of the molecule is Cc1cccc(C(=O)CC(=O)c2ccccc2)c1.F[B]F. The molecule has 107 valence electrons. The van der Waals surface area contributed by atoms with Crippen LogP contribution in [0.2, 0.25) is 0 Å². The molecule has 0 fully saturated rings. The van der Waals surface area contributed by atoms with E-state index in [0.29, 0.717) is 11.1 Å². The van der Waals surface area contributed by atoms with Crippen molar-refractivity contribution in [3.8, 4) is 0 Å². The Morgan fingerprint density at radius 3 is 2.00 bits per heavy atom. The number of halogens is 2. The number of hydrogen-bond acceptors (Lipinski definition) is 2. The summed E-state index contributed by atoms with van der Waals surface area (Å²) in [5, 5.41) is 0. The first kappa shape index (κ1) is 16.8. The van der Waals surface area contributed by atoms with Crippen molar-refractivity contribution in [2.24, 2.45) is 0 Å². The Morgan fingerprint density at radius 2 is 1.43 bits per heavy atom. The molecular formula is C16H14BF2O2. The van der Waals surface area contributed by atoms with Crippen LogP contribution in [0.3, 0.4) is 0 Å². The second kappa shape index (κ2) is 8.79. The minimum Gasteiger partial charge on any atom is -0.294 e. The lowest BCUT2D eigenvalue weighted by molar-refractivity contribution is 0.0894. The average molecular weight is 287 g/mol. The Morgan fingerprint density at radius 1 is 0.905 bits per heavy atom. The third-order valence-electron chi connectivity index (χ3n) is 2.76. The lowest BCUT2D eigenvalue weighted by Crippen LogP contribution is -2.08. The third-order valence-corrected chi connectivity index (χ3v) is 2.76. The molecule has 2 aromatic carbocycles. The van der Waals surface area contributed by atoms with Crippen molar-refractivity contribution >= 4 is 19.4 Å². The highest BCUT2D eigenvalue weighted by Crippen LogP contribution is 2.10. The molecule has 0 spiro atoms. The summed E-state index contributed by atoms with van der Waals surface area (Å²) in [5.74, 6) is -0.269. The Bertz CT molecular complexity index is 600. The quantitative estimate of drug-likeness (QED) is 0.485. The maximum Gasteiger partial charge on any atom is 0.577 e. The van der Waals surface area contributed by atoms with E-state index in [1.807, 2.05) is 25.1 Å². The fourth-order valence-electron chi connectivity index (χ4n) is 1.79. The molecule has 0 saturated heterocycles. The minimum atomic E-state index is -1.00. The van der Waals surface area contributed by atoms with Crippen LogP contribution in [-0.2, 0) is 0 Å². The normalized spacial score (nSPS) is 9.29. The van der Waals surface area contributed by atoms with Gasteiger partial charge < -0.3 is 0 Å². The van der Waals surface area contributed by atoms with E-state index in [1.54, 1.807) is 36.4 Å². The van der Waals surface area contributed by atoms with E-state index < -0.39 is 7.83 Å². The number of carbonyl (C=O) groups is 2. The van der Waals surface area contributed by atoms with E-state index >= 15 is 0 Å². The molecule has 21 heavy (non-hydrogen) atoms. The molecule has 2 rings (SSSR count). The van der Waals surface area contributed by atoms with Gasteiger partial charge in [0.25, 0.3) is 0 Å². The molecular weight excluding hydrogens is 273 g/mol. The Balaban J connectivity index is 0.000000677. The van der Waals surface area contributed by atoms with Gasteiger partial charge in [0.2, 0.25) is 0 Å². The lowest BCUT2D eigenvalue weighted by atomic mass is 10.0. The van der Waals surface area contributed by atoms with Gasteiger partial charge in [-0.05, 0) is 13.0 Å². The summed E-state index contributed by atoms with van der Waals surface area (Å²) in [6.07, 6.45) is -0.0759. The predicted octanol–water partition coefficient (Wildman–Crippen LogP) is 3.91. The maximum absolute atomic E-state index is 12.0. The fraction of sp³-hybridized carbons (Fsp3) is 0.125. The summed E-state index contributed by atoms with van der Waals surface area (Å²) < 4.78 is 19.0. The van der Waals surface area contributed by atoms with Crippen LogP contribution in [0.4, 0.5) is 8.63 Å². The summed E-state index contributed by atoms with van der Waals surface area (Å²) in [5.41, 5.74) is 2.20. The number of ketones is 2. The van der Waals surface area contributed by atoms with E-state index in [9.17, 15) is 18.2 Å². The van der Waals surface area contributed by atoms with Gasteiger partial charge in [-0.25, -0.2) is 0 Å². The first-order valence-corrected chi connectivity index (χ1v) is 6.28. The molecule has 0 bridgehead atoms. The van der Waals surface area contributed by atoms with E-state index in [4.69, 9.17) is 0 Å². The zero-order chi connectivity index (χ0) is 15.7. The molecule has 0 aliphatic heterocycles. The van der Waals surface area contributed by atoms with E-state index in [-0.39, 0.29) is 18.0 Å². The Hall–Kier alpha value is -2.30. The van der Waals surface area contributed by atoms with Crippen molar-refractivity contribution in [3.05, 3.63) is 71.3 Å². The van der Waals surface area contributed by atoms with Gasteiger partial charge in [-0.15, -0.1) is 0 Å². The molecule has 5 heteroatoms. The molecule has 0 saturated carbocycles. The standard InChI is InChI=1S/C16H14O2.BF2/c1-12-6-5-9-14(10-12)16(18)11-15(17)13-7-3-2-4-8-13;2-1-3/h2-10H,11H2,1H3;. The first-order chi connectivity index (χ1) is 10.1. The number of carbonyl (C=O) groups excluding carboxylic acids is 2. The minimum absolute atomic E-state index is 0.0759. The van der Waals surface area contributed by atoms with Crippen molar-refractivity contribution in [2.75, 3.05) is 0 Å². The largest absolute Gasteiger partial charge is 0.577 e. The maximum atomic E-state index is 12.0. The molecule has 0 aliphatic carbocycles. The van der Waals surface area contributed by atoms with E-state index in [2.05, 4.69) is 0 Å². The smallest absolute Gasteiger partial charge is 0.294 e. The monoisotopic (exact) mass is 287 g/mol. The van der Waals surface area contributed by atoms with Gasteiger partial charge in [-0.1, -0.05) is 54.1 Å². The van der Waals surface area contributed by atoms with Crippen LogP contribution < -0.4 is 0 Å². The van der Waals surface area contributed by atoms with Crippen molar-refractivity contribution in [2.45, 2.75) is 13.3 Å². The van der Waals surface area contributed by atoms with Gasteiger partial charge in [0.05, 0.1) is 6.42 Å². The zero-order valence-corrected chi connectivity index (χ0v) is 11.6. The molecule has 1 radical (unpaired) electrons. The second-order valence-corrected chi connectivity index (χ2v) is 4.34. The number of hydrogen-bond donors (Lipinski definition) is 0. The summed E-state index contributed by atoms with van der Waals surface area (Å²) in [6, 6.07) is 16.2. The van der Waals surface area contributed by atoms with Gasteiger partial charge in [-0.3, -0.25) is 18.2 Å². The highest BCUT2D eigenvalue weighted by molar-refractivity contribution is 6.15. The third kappa shape index (κ3) is 5.69. The Labute approximate surface area is 123 Å². The van der Waals surface area contributed by atoms with Crippen LogP contribution in [0.5, 0.6) is 0 Å². The topological polar surface area (TPSA) is 34.1 Å². The average Bonchev–Trinajstić information content (AvgIpc) is 2.49. The van der Waals surface area contributed by atoms with Gasteiger partial charge in [0, 0.05) is 11.1 Å². The van der Waals surface area contributed by atoms with Gasteiger partial charge in [0.1, 0.15) is 0 Å². The molecule has 0 N–H and O–H groups in total. The van der Waals surface area contributed by atoms with Crippen LogP contribution >= 0.6 is 0 Å². The molecule has 0 unspecified atom stereocenters. The van der Waals surface area contributed by atoms with Crippen LogP contribution in [0.15, 0.2) is 54.6 Å². The van der Waals surface area contributed by atoms with Crippen molar-refractivity contribution < 1.29 is 18.2 Å². The van der Waals surface area contributed by atoms with Crippen LogP contribution in [0, 0.1) is 6.92 Å². The van der Waals surface area contributed by atoms with E-state index in [0.717, 1.165) is 5.56 Å². The van der Waals surface area contributed by atoms with Gasteiger partial charge in [0.15, 0.2) is 11.6 Å². The summed E-state index contributed by atoms with van der Waals surface area (Å²) in [4.78, 5) is 23.9. The number of benzene rings is 2. The van der Waals surface area contributed by atoms with Crippen LogP contribution in [-0.4, -0.2) is 19.4 Å². The van der Waals surface area contributed by atoms with Crippen molar-refractivity contribution in [3.63, 3.8) is 0 Å². The molecule has 0 heterocycles. The molecule has 2 nitrogen and oxygen atoms in total. The highest BCUT2D eigenvalue weighted by Gasteiger charge is 2.13. The molecule has 0 amide bonds. The van der Waals surface area contributed by atoms with E-state index in [1.165, 1.54) is 0 Å². The molecule has 0 aromatic heterocycles. The molecule has 2 aromatic rings. The zero-order valence-electron chi connectivity index (χ0n) is 11.6. The van der Waals surface area contributed by atoms with Crippen LogP contribution in [0.1, 0.15) is 32.7 Å². The Kier molecular flexibility index (Phi) is 7.02.